The normalized spacial score (nSPS) is 24.5. The Labute approximate surface area is 196 Å². The highest BCUT2D eigenvalue weighted by Crippen LogP contribution is 2.47. The van der Waals surface area contributed by atoms with Crippen molar-refractivity contribution in [3.63, 3.8) is 0 Å². The molecule has 1 aromatic carbocycles. The molecule has 3 heterocycles. The van der Waals surface area contributed by atoms with Gasteiger partial charge in [0.25, 0.3) is 0 Å². The van der Waals surface area contributed by atoms with Crippen molar-refractivity contribution in [2.24, 2.45) is 0 Å². The van der Waals surface area contributed by atoms with Crippen molar-refractivity contribution in [2.75, 3.05) is 6.61 Å². The van der Waals surface area contributed by atoms with E-state index in [0.717, 1.165) is 10.9 Å². The summed E-state index contributed by atoms with van der Waals surface area (Å²) in [6, 6.07) is 3.51. The molecule has 2 unspecified atom stereocenters. The minimum Gasteiger partial charge on any atom is -0.462 e. The molecule has 0 amide bonds. The second-order valence-electron chi connectivity index (χ2n) is 9.58. The van der Waals surface area contributed by atoms with Crippen molar-refractivity contribution in [1.29, 1.82) is 0 Å². The van der Waals surface area contributed by atoms with Gasteiger partial charge in [0.15, 0.2) is 9.84 Å². The van der Waals surface area contributed by atoms with Gasteiger partial charge in [-0.2, -0.15) is 0 Å². The van der Waals surface area contributed by atoms with Crippen LogP contribution in [0.4, 0.5) is 4.79 Å². The third-order valence-electron chi connectivity index (χ3n) is 6.25. The molecular weight excluding hydrogens is 498 g/mol. The molecule has 2 saturated heterocycles. The van der Waals surface area contributed by atoms with Crippen molar-refractivity contribution in [1.82, 2.24) is 4.57 Å². The molecule has 2 bridgehead atoms. The fraction of sp³-hybridized carbons (Fsp3) is 0.565. The van der Waals surface area contributed by atoms with Gasteiger partial charge in [0, 0.05) is 16.1 Å². The summed E-state index contributed by atoms with van der Waals surface area (Å²) in [5, 5.41) is 0.0442. The van der Waals surface area contributed by atoms with E-state index in [4.69, 9.17) is 9.47 Å². The van der Waals surface area contributed by atoms with E-state index in [2.05, 4.69) is 15.9 Å². The van der Waals surface area contributed by atoms with E-state index in [1.165, 1.54) is 4.57 Å². The fourth-order valence-corrected chi connectivity index (χ4v) is 7.89. The molecular formula is C23H28BrNO6S. The van der Waals surface area contributed by atoms with Crippen LogP contribution in [-0.4, -0.2) is 47.8 Å². The zero-order chi connectivity index (χ0) is 23.4. The summed E-state index contributed by atoms with van der Waals surface area (Å²) in [5.41, 5.74) is 0.839. The van der Waals surface area contributed by atoms with Gasteiger partial charge < -0.3 is 9.47 Å². The molecule has 0 N–H and O–H groups in total. The van der Waals surface area contributed by atoms with Crippen LogP contribution in [-0.2, 0) is 19.3 Å². The van der Waals surface area contributed by atoms with Gasteiger partial charge in [-0.05, 0) is 77.0 Å². The molecule has 9 heteroatoms. The number of nitrogens with zero attached hydrogens (tertiary/aromatic N) is 1. The molecule has 1 aromatic heterocycles. The molecule has 0 saturated carbocycles. The average molecular weight is 526 g/mol. The lowest BCUT2D eigenvalue weighted by Gasteiger charge is -2.27. The van der Waals surface area contributed by atoms with Gasteiger partial charge >= 0.3 is 12.1 Å². The molecule has 0 spiro atoms. The maximum Gasteiger partial charge on any atom is 0.419 e. The van der Waals surface area contributed by atoms with Crippen LogP contribution in [0, 0.1) is 0 Å². The summed E-state index contributed by atoms with van der Waals surface area (Å²) >= 11 is 3.48. The van der Waals surface area contributed by atoms with E-state index in [1.54, 1.807) is 40.0 Å². The van der Waals surface area contributed by atoms with Crippen molar-refractivity contribution in [3.05, 3.63) is 33.9 Å². The van der Waals surface area contributed by atoms with Crippen molar-refractivity contribution in [2.45, 2.75) is 75.4 Å². The number of benzene rings is 1. The number of halogens is 1. The first-order valence-corrected chi connectivity index (χ1v) is 13.3. The summed E-state index contributed by atoms with van der Waals surface area (Å²) in [4.78, 5) is 25.9. The summed E-state index contributed by atoms with van der Waals surface area (Å²) in [6.45, 7) is 7.28. The average Bonchev–Trinajstić information content (AvgIpc) is 3.06. The van der Waals surface area contributed by atoms with Crippen LogP contribution < -0.4 is 0 Å². The number of hydrogen-bond acceptors (Lipinski definition) is 6. The third kappa shape index (κ3) is 4.09. The van der Waals surface area contributed by atoms with Crippen LogP contribution in [0.15, 0.2) is 22.8 Å². The molecule has 32 heavy (non-hydrogen) atoms. The Kier molecular flexibility index (Phi) is 5.94. The molecule has 4 rings (SSSR count). The Morgan fingerprint density at radius 1 is 1.16 bits per heavy atom. The third-order valence-corrected chi connectivity index (χ3v) is 9.43. The minimum absolute atomic E-state index is 0.0217. The van der Waals surface area contributed by atoms with E-state index in [-0.39, 0.29) is 28.6 Å². The van der Waals surface area contributed by atoms with Gasteiger partial charge in [0.2, 0.25) is 0 Å². The summed E-state index contributed by atoms with van der Waals surface area (Å²) in [7, 11) is -3.08. The number of fused-ring (bicyclic) bond motifs is 3. The SMILES string of the molecule is CCOC(=O)c1cc(Br)cc2c(C3CC4CCC(C3)S4(=O)=O)cn(C(=O)OC(C)(C)C)c12. The number of carbonyl (C=O) groups excluding carboxylic acids is 2. The van der Waals surface area contributed by atoms with Gasteiger partial charge in [-0.15, -0.1) is 0 Å². The zero-order valence-electron chi connectivity index (χ0n) is 18.7. The molecule has 0 radical (unpaired) electrons. The molecule has 2 aliphatic rings. The number of carbonyl (C=O) groups is 2. The Bertz CT molecular complexity index is 1170. The first-order chi connectivity index (χ1) is 14.9. The van der Waals surface area contributed by atoms with Gasteiger partial charge in [0.1, 0.15) is 5.60 Å². The largest absolute Gasteiger partial charge is 0.462 e. The first-order valence-electron chi connectivity index (χ1n) is 10.9. The molecule has 0 aliphatic carbocycles. The van der Waals surface area contributed by atoms with Crippen LogP contribution in [0.3, 0.4) is 0 Å². The molecule has 2 aliphatic heterocycles. The highest BCUT2D eigenvalue weighted by atomic mass is 79.9. The van der Waals surface area contributed by atoms with E-state index < -0.39 is 27.5 Å². The predicted molar refractivity (Wildman–Crippen MR) is 125 cm³/mol. The Morgan fingerprint density at radius 3 is 2.34 bits per heavy atom. The van der Waals surface area contributed by atoms with Crippen molar-refractivity contribution >= 4 is 48.7 Å². The number of aromatic nitrogens is 1. The molecule has 174 valence electrons. The van der Waals surface area contributed by atoms with Crippen LogP contribution in [0.2, 0.25) is 0 Å². The Balaban J connectivity index is 1.89. The van der Waals surface area contributed by atoms with Crippen LogP contribution in [0.5, 0.6) is 0 Å². The van der Waals surface area contributed by atoms with E-state index >= 15 is 0 Å². The molecule has 2 atom stereocenters. The van der Waals surface area contributed by atoms with Gasteiger partial charge in [-0.3, -0.25) is 4.57 Å². The van der Waals surface area contributed by atoms with Crippen molar-refractivity contribution < 1.29 is 27.5 Å². The van der Waals surface area contributed by atoms with Crippen LogP contribution >= 0.6 is 15.9 Å². The number of rotatable bonds is 3. The number of sulfone groups is 1. The van der Waals surface area contributed by atoms with Crippen molar-refractivity contribution in [3.8, 4) is 0 Å². The lowest BCUT2D eigenvalue weighted by molar-refractivity contribution is 0.0527. The summed E-state index contributed by atoms with van der Waals surface area (Å²) in [5.74, 6) is -0.550. The highest BCUT2D eigenvalue weighted by Gasteiger charge is 2.47. The highest BCUT2D eigenvalue weighted by molar-refractivity contribution is 9.10. The smallest absolute Gasteiger partial charge is 0.419 e. The maximum atomic E-state index is 13.1. The van der Waals surface area contributed by atoms with Gasteiger partial charge in [0.05, 0.1) is 28.2 Å². The Hall–Kier alpha value is -1.87. The fourth-order valence-electron chi connectivity index (χ4n) is 4.96. The second-order valence-corrected chi connectivity index (χ2v) is 13.0. The quantitative estimate of drug-likeness (QED) is 0.512. The minimum atomic E-state index is -3.08. The molecule has 7 nitrogen and oxygen atoms in total. The summed E-state index contributed by atoms with van der Waals surface area (Å²) < 4.78 is 38.1. The lowest BCUT2D eigenvalue weighted by atomic mass is 9.90. The standard InChI is InChI=1S/C23H28BrNO6S/c1-5-30-21(26)18-11-14(24)10-17-19(12-25(20(17)18)22(27)31-23(2,3)4)13-8-15-6-7-16(9-13)32(15,28)29/h10-13,15-16H,5-9H2,1-4H3. The van der Waals surface area contributed by atoms with E-state index in [0.29, 0.717) is 35.7 Å². The molecule has 2 aromatic rings. The zero-order valence-corrected chi connectivity index (χ0v) is 21.1. The first kappa shape index (κ1) is 23.3. The van der Waals surface area contributed by atoms with Gasteiger partial charge in [-0.1, -0.05) is 15.9 Å². The van der Waals surface area contributed by atoms with Crippen LogP contribution in [0.1, 0.15) is 75.2 Å². The van der Waals surface area contributed by atoms with Gasteiger partial charge in [-0.25, -0.2) is 18.0 Å². The van der Waals surface area contributed by atoms with E-state index in [1.807, 2.05) is 6.07 Å². The number of esters is 1. The topological polar surface area (TPSA) is 91.7 Å². The lowest BCUT2D eigenvalue weighted by Crippen LogP contribution is -2.32. The Morgan fingerprint density at radius 2 is 1.78 bits per heavy atom. The number of ether oxygens (including phenoxy) is 2. The summed E-state index contributed by atoms with van der Waals surface area (Å²) in [6.07, 6.45) is 3.54. The van der Waals surface area contributed by atoms with E-state index in [9.17, 15) is 18.0 Å². The molecule has 2 fully saturated rings. The maximum absolute atomic E-state index is 13.1. The number of hydrogen-bond donors (Lipinski definition) is 0. The van der Waals surface area contributed by atoms with Crippen LogP contribution in [0.25, 0.3) is 10.9 Å². The predicted octanol–water partition coefficient (Wildman–Crippen LogP) is 5.19. The monoisotopic (exact) mass is 525 g/mol. The second kappa shape index (κ2) is 8.17.